The smallest absolute Gasteiger partial charge is 0.412 e. The Bertz CT molecular complexity index is 1190. The molecule has 0 saturated carbocycles. The van der Waals surface area contributed by atoms with Crippen molar-refractivity contribution in [2.45, 2.75) is 46.1 Å². The van der Waals surface area contributed by atoms with Gasteiger partial charge in [-0.3, -0.25) is 10.7 Å². The second-order valence-electron chi connectivity index (χ2n) is 8.11. The molecule has 0 bridgehead atoms. The lowest BCUT2D eigenvalue weighted by molar-refractivity contribution is 0.0526. The van der Waals surface area contributed by atoms with E-state index in [4.69, 9.17) is 14.9 Å². The molecule has 0 spiro atoms. The van der Waals surface area contributed by atoms with Crippen molar-refractivity contribution in [1.29, 1.82) is 5.41 Å². The van der Waals surface area contributed by atoms with E-state index in [9.17, 15) is 9.59 Å². The number of rotatable bonds is 11. The maximum absolute atomic E-state index is 12.1. The minimum absolute atomic E-state index is 0.0456. The van der Waals surface area contributed by atoms with Crippen LogP contribution in [0.4, 0.5) is 10.5 Å². The van der Waals surface area contributed by atoms with E-state index in [1.54, 1.807) is 31.2 Å². The van der Waals surface area contributed by atoms with Crippen LogP contribution >= 0.6 is 0 Å². The van der Waals surface area contributed by atoms with Crippen LogP contribution in [-0.2, 0) is 23.1 Å². The summed E-state index contributed by atoms with van der Waals surface area (Å²) >= 11 is 0. The molecule has 1 heterocycles. The van der Waals surface area contributed by atoms with Crippen molar-refractivity contribution in [2.75, 3.05) is 18.5 Å². The maximum atomic E-state index is 12.1. The number of esters is 1. The third-order valence-corrected chi connectivity index (χ3v) is 5.58. The van der Waals surface area contributed by atoms with E-state index in [2.05, 4.69) is 22.5 Å². The van der Waals surface area contributed by atoms with Gasteiger partial charge in [0.2, 0.25) is 0 Å². The first kappa shape index (κ1) is 25.7. The summed E-state index contributed by atoms with van der Waals surface area (Å²) in [6.45, 7) is 4.92. The highest BCUT2D eigenvalue weighted by Crippen LogP contribution is 2.20. The first-order valence-electron chi connectivity index (χ1n) is 11.9. The molecular weight excluding hydrogens is 446 g/mol. The van der Waals surface area contributed by atoms with Crippen molar-refractivity contribution in [2.24, 2.45) is 7.05 Å². The third kappa shape index (κ3) is 6.81. The number of aryl methyl sites for hydroxylation is 1. The molecular formula is C26H33N5O4. The minimum atomic E-state index is -0.631. The summed E-state index contributed by atoms with van der Waals surface area (Å²) in [7, 11) is 1.91. The van der Waals surface area contributed by atoms with Crippen LogP contribution in [0.15, 0.2) is 42.5 Å². The number of anilines is 1. The summed E-state index contributed by atoms with van der Waals surface area (Å²) in [5.74, 6) is 0.330. The number of carbonyl (C=O) groups is 2. The molecule has 0 saturated heterocycles. The lowest BCUT2D eigenvalue weighted by Crippen LogP contribution is -2.31. The lowest BCUT2D eigenvalue weighted by atomic mass is 10.1. The van der Waals surface area contributed by atoms with Crippen LogP contribution in [0.5, 0.6) is 0 Å². The van der Waals surface area contributed by atoms with Crippen LogP contribution < -0.4 is 10.6 Å². The molecule has 9 heteroatoms. The Hall–Kier alpha value is -3.88. The fraction of sp³-hybridized carbons (Fsp3) is 0.385. The van der Waals surface area contributed by atoms with Gasteiger partial charge in [0.05, 0.1) is 36.4 Å². The summed E-state index contributed by atoms with van der Waals surface area (Å²) in [6.07, 6.45) is 3.42. The van der Waals surface area contributed by atoms with E-state index >= 15 is 0 Å². The molecule has 0 radical (unpaired) electrons. The van der Waals surface area contributed by atoms with Crippen LogP contribution in [0.25, 0.3) is 11.0 Å². The molecule has 0 fully saturated rings. The predicted octanol–water partition coefficient (Wildman–Crippen LogP) is 4.99. The highest BCUT2D eigenvalue weighted by Gasteiger charge is 2.15. The molecule has 0 aliphatic carbocycles. The van der Waals surface area contributed by atoms with Gasteiger partial charge in [0.25, 0.3) is 0 Å². The van der Waals surface area contributed by atoms with Gasteiger partial charge in [-0.25, -0.2) is 14.6 Å². The number of aromatic nitrogens is 2. The predicted molar refractivity (Wildman–Crippen MR) is 136 cm³/mol. The van der Waals surface area contributed by atoms with Crippen molar-refractivity contribution >= 4 is 34.6 Å². The number of imidazole rings is 1. The molecule has 0 aliphatic heterocycles. The first-order valence-corrected chi connectivity index (χ1v) is 11.9. The Morgan fingerprint density at radius 1 is 1.06 bits per heavy atom. The number of unbranched alkanes of at least 4 members (excludes halogenated alkanes) is 3. The van der Waals surface area contributed by atoms with Crippen molar-refractivity contribution in [3.8, 4) is 0 Å². The highest BCUT2D eigenvalue weighted by molar-refractivity contribution is 6.07. The Balaban J connectivity index is 1.65. The second-order valence-corrected chi connectivity index (χ2v) is 8.11. The Labute approximate surface area is 205 Å². The molecule has 0 atom stereocenters. The van der Waals surface area contributed by atoms with E-state index in [1.165, 1.54) is 0 Å². The van der Waals surface area contributed by atoms with Gasteiger partial charge in [0, 0.05) is 18.3 Å². The molecule has 186 valence electrons. The number of para-hydroxylation sites is 1. The molecule has 35 heavy (non-hydrogen) atoms. The Kier molecular flexibility index (Phi) is 9.23. The number of hydrogen-bond donors (Lipinski definition) is 3. The van der Waals surface area contributed by atoms with Gasteiger partial charge < -0.3 is 19.4 Å². The zero-order valence-electron chi connectivity index (χ0n) is 20.5. The van der Waals surface area contributed by atoms with Crippen molar-refractivity contribution in [1.82, 2.24) is 14.9 Å². The van der Waals surface area contributed by atoms with Gasteiger partial charge in [-0.1, -0.05) is 38.3 Å². The average Bonchev–Trinajstić information content (AvgIpc) is 3.17. The van der Waals surface area contributed by atoms with E-state index in [1.807, 2.05) is 29.8 Å². The average molecular weight is 480 g/mol. The topological polar surface area (TPSA) is 118 Å². The largest absolute Gasteiger partial charge is 0.462 e. The van der Waals surface area contributed by atoms with E-state index in [0.29, 0.717) is 42.1 Å². The molecule has 3 N–H and O–H groups in total. The summed E-state index contributed by atoms with van der Waals surface area (Å²) in [4.78, 5) is 28.8. The van der Waals surface area contributed by atoms with Crippen molar-refractivity contribution < 1.29 is 19.1 Å². The van der Waals surface area contributed by atoms with E-state index < -0.39 is 6.09 Å². The summed E-state index contributed by atoms with van der Waals surface area (Å²) < 4.78 is 12.2. The zero-order valence-corrected chi connectivity index (χ0v) is 20.5. The van der Waals surface area contributed by atoms with Gasteiger partial charge in [-0.2, -0.15) is 0 Å². The number of fused-ring (bicyclic) bond motifs is 1. The van der Waals surface area contributed by atoms with Gasteiger partial charge >= 0.3 is 12.1 Å². The lowest BCUT2D eigenvalue weighted by Gasteiger charge is -2.14. The van der Waals surface area contributed by atoms with Crippen LogP contribution in [-0.4, -0.2) is 40.7 Å². The molecule has 9 nitrogen and oxygen atoms in total. The van der Waals surface area contributed by atoms with Crippen molar-refractivity contribution in [3.63, 3.8) is 0 Å². The fourth-order valence-corrected chi connectivity index (χ4v) is 3.68. The normalized spacial score (nSPS) is 10.7. The first-order chi connectivity index (χ1) is 16.9. The number of carbonyl (C=O) groups excluding carboxylic acids is 2. The monoisotopic (exact) mass is 479 g/mol. The van der Waals surface area contributed by atoms with Gasteiger partial charge in [-0.15, -0.1) is 0 Å². The SMILES string of the molecule is CCCCCCOC(=O)NC(=N)c1ccccc1NCc1nc2cc(C(=O)OCC)ccc2n1C. The number of amidine groups is 1. The van der Waals surface area contributed by atoms with Crippen LogP contribution in [0, 0.1) is 5.41 Å². The van der Waals surface area contributed by atoms with Gasteiger partial charge in [0.1, 0.15) is 11.7 Å². The van der Waals surface area contributed by atoms with Gasteiger partial charge in [-0.05, 0) is 43.7 Å². The summed E-state index contributed by atoms with van der Waals surface area (Å²) in [5, 5.41) is 14.1. The number of alkyl carbamates (subject to hydrolysis) is 1. The summed E-state index contributed by atoms with van der Waals surface area (Å²) in [6, 6.07) is 12.5. The quantitative estimate of drug-likeness (QED) is 0.154. The standard InChI is InChI=1S/C26H33N5O4/c1-4-6-7-10-15-35-26(33)30-24(27)19-11-8-9-12-20(19)28-17-23-29-21-16-18(25(32)34-5-2)13-14-22(21)31(23)3/h8-9,11-14,16,28H,4-7,10,15,17H2,1-3H3,(H2,27,30,33). The second kappa shape index (κ2) is 12.5. The number of amides is 1. The Morgan fingerprint density at radius 2 is 1.86 bits per heavy atom. The molecule has 0 aliphatic rings. The molecule has 1 aromatic heterocycles. The zero-order chi connectivity index (χ0) is 25.2. The molecule has 2 aromatic carbocycles. The molecule has 1 amide bonds. The number of benzene rings is 2. The van der Waals surface area contributed by atoms with Gasteiger partial charge in [0.15, 0.2) is 0 Å². The summed E-state index contributed by atoms with van der Waals surface area (Å²) in [5.41, 5.74) is 3.26. The fourth-order valence-electron chi connectivity index (χ4n) is 3.68. The number of hydrogen-bond acceptors (Lipinski definition) is 7. The van der Waals surface area contributed by atoms with E-state index in [-0.39, 0.29) is 11.8 Å². The maximum Gasteiger partial charge on any atom is 0.412 e. The molecule has 3 aromatic rings. The number of nitrogens with zero attached hydrogens (tertiary/aromatic N) is 2. The third-order valence-electron chi connectivity index (χ3n) is 5.58. The van der Waals surface area contributed by atoms with Crippen LogP contribution in [0.1, 0.15) is 61.3 Å². The number of ether oxygens (including phenoxy) is 2. The number of nitrogens with one attached hydrogen (secondary N) is 3. The molecule has 0 unspecified atom stereocenters. The van der Waals surface area contributed by atoms with E-state index in [0.717, 1.165) is 37.0 Å². The highest BCUT2D eigenvalue weighted by atomic mass is 16.5. The van der Waals surface area contributed by atoms with Crippen molar-refractivity contribution in [3.05, 3.63) is 59.4 Å². The van der Waals surface area contributed by atoms with Crippen LogP contribution in [0.2, 0.25) is 0 Å². The minimum Gasteiger partial charge on any atom is -0.462 e. The Morgan fingerprint density at radius 3 is 2.63 bits per heavy atom. The molecule has 3 rings (SSSR count). The van der Waals surface area contributed by atoms with Crippen LogP contribution in [0.3, 0.4) is 0 Å².